The first kappa shape index (κ1) is 12.4. The van der Waals surface area contributed by atoms with Gasteiger partial charge in [0.05, 0.1) is 26.7 Å². The summed E-state index contributed by atoms with van der Waals surface area (Å²) in [6.07, 6.45) is 2.12. The van der Waals surface area contributed by atoms with Crippen molar-refractivity contribution < 1.29 is 9.47 Å². The van der Waals surface area contributed by atoms with Crippen molar-refractivity contribution >= 4 is 11.3 Å². The SMILES string of the molecule is COc1cc(OC)cc(-c2ncc(CC#N)s2)c1. The zero-order valence-electron chi connectivity index (χ0n) is 10.1. The molecule has 0 N–H and O–H groups in total. The first-order chi connectivity index (χ1) is 8.76. The molecule has 1 heterocycles. The third-order valence-corrected chi connectivity index (χ3v) is 3.45. The largest absolute Gasteiger partial charge is 0.497 e. The van der Waals surface area contributed by atoms with Gasteiger partial charge in [0.2, 0.25) is 0 Å². The summed E-state index contributed by atoms with van der Waals surface area (Å²) in [5.41, 5.74) is 0.931. The molecule has 1 aromatic heterocycles. The minimum Gasteiger partial charge on any atom is -0.497 e. The van der Waals surface area contributed by atoms with Crippen LogP contribution in [-0.2, 0) is 6.42 Å². The van der Waals surface area contributed by atoms with Gasteiger partial charge < -0.3 is 9.47 Å². The Morgan fingerprint density at radius 3 is 2.44 bits per heavy atom. The van der Waals surface area contributed by atoms with E-state index in [0.717, 1.165) is 26.9 Å². The van der Waals surface area contributed by atoms with Crippen LogP contribution in [0.25, 0.3) is 10.6 Å². The van der Waals surface area contributed by atoms with Gasteiger partial charge in [-0.3, -0.25) is 0 Å². The molecule has 0 saturated heterocycles. The molecule has 18 heavy (non-hydrogen) atoms. The summed E-state index contributed by atoms with van der Waals surface area (Å²) < 4.78 is 10.4. The fraction of sp³-hybridized carbons (Fsp3) is 0.231. The van der Waals surface area contributed by atoms with Crippen molar-refractivity contribution in [1.82, 2.24) is 4.98 Å². The summed E-state index contributed by atoms with van der Waals surface area (Å²) >= 11 is 1.50. The summed E-state index contributed by atoms with van der Waals surface area (Å²) in [4.78, 5) is 5.27. The topological polar surface area (TPSA) is 55.1 Å². The zero-order valence-corrected chi connectivity index (χ0v) is 11.0. The summed E-state index contributed by atoms with van der Waals surface area (Å²) in [5.74, 6) is 1.45. The van der Waals surface area contributed by atoms with Gasteiger partial charge in [0, 0.05) is 22.7 Å². The highest BCUT2D eigenvalue weighted by atomic mass is 32.1. The van der Waals surface area contributed by atoms with E-state index in [2.05, 4.69) is 11.1 Å². The third kappa shape index (κ3) is 2.60. The van der Waals surface area contributed by atoms with Crippen LogP contribution in [0.3, 0.4) is 0 Å². The molecule has 1 aromatic carbocycles. The Morgan fingerprint density at radius 2 is 1.89 bits per heavy atom. The molecule has 0 saturated carbocycles. The summed E-state index contributed by atoms with van der Waals surface area (Å²) in [6.45, 7) is 0. The Bertz CT molecular complexity index is 565. The Kier molecular flexibility index (Phi) is 3.80. The van der Waals surface area contributed by atoms with Gasteiger partial charge in [-0.15, -0.1) is 11.3 Å². The molecule has 0 aliphatic rings. The number of ether oxygens (including phenoxy) is 2. The normalized spacial score (nSPS) is 9.83. The molecule has 0 unspecified atom stereocenters. The maximum absolute atomic E-state index is 8.65. The van der Waals surface area contributed by atoms with E-state index in [1.165, 1.54) is 11.3 Å². The average Bonchev–Trinajstić information content (AvgIpc) is 2.87. The number of methoxy groups -OCH3 is 2. The summed E-state index contributed by atoms with van der Waals surface area (Å²) in [6, 6.07) is 7.73. The summed E-state index contributed by atoms with van der Waals surface area (Å²) in [5, 5.41) is 9.51. The Hall–Kier alpha value is -2.06. The fourth-order valence-corrected chi connectivity index (χ4v) is 2.36. The standard InChI is InChI=1S/C13H12N2O2S/c1-16-10-5-9(6-11(7-10)17-2)13-15-8-12(18-13)3-4-14/h5-8H,3H2,1-2H3. The van der Waals surface area contributed by atoms with E-state index in [9.17, 15) is 0 Å². The van der Waals surface area contributed by atoms with E-state index in [1.807, 2.05) is 18.2 Å². The molecule has 0 bridgehead atoms. The van der Waals surface area contributed by atoms with Crippen LogP contribution in [0.2, 0.25) is 0 Å². The lowest BCUT2D eigenvalue weighted by molar-refractivity contribution is 0.394. The molecule has 0 aliphatic carbocycles. The second-order valence-electron chi connectivity index (χ2n) is 3.57. The average molecular weight is 260 g/mol. The van der Waals surface area contributed by atoms with E-state index >= 15 is 0 Å². The zero-order chi connectivity index (χ0) is 13.0. The van der Waals surface area contributed by atoms with Gasteiger partial charge in [-0.2, -0.15) is 5.26 Å². The van der Waals surface area contributed by atoms with Crippen LogP contribution >= 0.6 is 11.3 Å². The number of benzene rings is 1. The van der Waals surface area contributed by atoms with Crippen molar-refractivity contribution in [3.63, 3.8) is 0 Å². The van der Waals surface area contributed by atoms with Crippen LogP contribution in [0.15, 0.2) is 24.4 Å². The highest BCUT2D eigenvalue weighted by Crippen LogP contribution is 2.32. The van der Waals surface area contributed by atoms with Crippen LogP contribution in [0.5, 0.6) is 11.5 Å². The molecule has 4 nitrogen and oxygen atoms in total. The van der Waals surface area contributed by atoms with Crippen LogP contribution in [-0.4, -0.2) is 19.2 Å². The lowest BCUT2D eigenvalue weighted by Gasteiger charge is -2.06. The number of nitrogens with zero attached hydrogens (tertiary/aromatic N) is 2. The lowest BCUT2D eigenvalue weighted by Crippen LogP contribution is -1.88. The maximum atomic E-state index is 8.65. The van der Waals surface area contributed by atoms with E-state index < -0.39 is 0 Å². The molecule has 0 amide bonds. The number of nitriles is 1. The number of aromatic nitrogens is 1. The Morgan fingerprint density at radius 1 is 1.22 bits per heavy atom. The van der Waals surface area contributed by atoms with E-state index in [-0.39, 0.29) is 0 Å². The number of hydrogen-bond donors (Lipinski definition) is 0. The van der Waals surface area contributed by atoms with Crippen molar-refractivity contribution in [3.8, 4) is 28.1 Å². The van der Waals surface area contributed by atoms with E-state index in [0.29, 0.717) is 6.42 Å². The quantitative estimate of drug-likeness (QED) is 0.848. The molecule has 2 aromatic rings. The van der Waals surface area contributed by atoms with Crippen LogP contribution in [0.1, 0.15) is 4.88 Å². The minimum absolute atomic E-state index is 0.388. The molecule has 0 aliphatic heterocycles. The van der Waals surface area contributed by atoms with Crippen LogP contribution in [0.4, 0.5) is 0 Å². The summed E-state index contributed by atoms with van der Waals surface area (Å²) in [7, 11) is 3.23. The van der Waals surface area contributed by atoms with Crippen molar-refractivity contribution in [1.29, 1.82) is 5.26 Å². The van der Waals surface area contributed by atoms with Gasteiger partial charge in [-0.1, -0.05) is 0 Å². The van der Waals surface area contributed by atoms with Crippen molar-refractivity contribution in [2.45, 2.75) is 6.42 Å². The molecular weight excluding hydrogens is 248 g/mol. The van der Waals surface area contributed by atoms with Gasteiger partial charge in [-0.25, -0.2) is 4.98 Å². The van der Waals surface area contributed by atoms with Crippen molar-refractivity contribution in [2.75, 3.05) is 14.2 Å². The predicted molar refractivity (Wildman–Crippen MR) is 70.0 cm³/mol. The predicted octanol–water partition coefficient (Wildman–Crippen LogP) is 2.89. The lowest BCUT2D eigenvalue weighted by atomic mass is 10.2. The first-order valence-corrected chi connectivity index (χ1v) is 6.13. The second-order valence-corrected chi connectivity index (χ2v) is 4.68. The van der Waals surface area contributed by atoms with Crippen LogP contribution < -0.4 is 9.47 Å². The van der Waals surface area contributed by atoms with Crippen molar-refractivity contribution in [3.05, 3.63) is 29.3 Å². The molecular formula is C13H12N2O2S. The molecule has 5 heteroatoms. The molecule has 0 spiro atoms. The maximum Gasteiger partial charge on any atom is 0.123 e. The van der Waals surface area contributed by atoms with Crippen molar-refractivity contribution in [2.24, 2.45) is 0 Å². The number of rotatable bonds is 4. The smallest absolute Gasteiger partial charge is 0.123 e. The Balaban J connectivity index is 2.39. The highest BCUT2D eigenvalue weighted by molar-refractivity contribution is 7.15. The fourth-order valence-electron chi connectivity index (χ4n) is 1.53. The van der Waals surface area contributed by atoms with Crippen LogP contribution in [0, 0.1) is 11.3 Å². The second kappa shape index (κ2) is 5.52. The van der Waals surface area contributed by atoms with Gasteiger partial charge in [0.1, 0.15) is 16.5 Å². The van der Waals surface area contributed by atoms with Gasteiger partial charge in [0.25, 0.3) is 0 Å². The highest BCUT2D eigenvalue weighted by Gasteiger charge is 2.08. The third-order valence-electron chi connectivity index (χ3n) is 2.41. The molecule has 2 rings (SSSR count). The van der Waals surface area contributed by atoms with Gasteiger partial charge >= 0.3 is 0 Å². The van der Waals surface area contributed by atoms with E-state index in [1.54, 1.807) is 20.4 Å². The van der Waals surface area contributed by atoms with Gasteiger partial charge in [-0.05, 0) is 12.1 Å². The minimum atomic E-state index is 0.388. The molecule has 92 valence electrons. The molecule has 0 fully saturated rings. The molecule has 0 atom stereocenters. The number of thiazole rings is 1. The first-order valence-electron chi connectivity index (χ1n) is 5.32. The molecule has 0 radical (unpaired) electrons. The Labute approximate surface area is 109 Å². The number of hydrogen-bond acceptors (Lipinski definition) is 5. The van der Waals surface area contributed by atoms with E-state index in [4.69, 9.17) is 14.7 Å². The monoisotopic (exact) mass is 260 g/mol. The van der Waals surface area contributed by atoms with Gasteiger partial charge in [0.15, 0.2) is 0 Å².